The molecule has 2 aromatic rings. The standard InChI is InChI=1S/C21H25ClN2O3/c1-2-24(17-7-4-3-5-8-17)10-6-9-23-20(25)15-16-13-18(22)21-19(14-16)26-11-12-27-21/h3-5,7-8,13-14H,2,6,9-12,15H2,1H3,(H,23,25). The van der Waals surface area contributed by atoms with Gasteiger partial charge in [-0.15, -0.1) is 0 Å². The molecule has 0 bridgehead atoms. The second-order valence-corrected chi connectivity index (χ2v) is 6.80. The first-order valence-corrected chi connectivity index (χ1v) is 9.70. The van der Waals surface area contributed by atoms with Crippen LogP contribution in [0.4, 0.5) is 5.69 Å². The maximum absolute atomic E-state index is 12.2. The number of carbonyl (C=O) groups is 1. The lowest BCUT2D eigenvalue weighted by atomic mass is 10.1. The van der Waals surface area contributed by atoms with Crippen LogP contribution in [0.25, 0.3) is 0 Å². The van der Waals surface area contributed by atoms with Gasteiger partial charge in [-0.2, -0.15) is 0 Å². The molecule has 0 spiro atoms. The van der Waals surface area contributed by atoms with E-state index < -0.39 is 0 Å². The van der Waals surface area contributed by atoms with E-state index in [1.54, 1.807) is 6.07 Å². The summed E-state index contributed by atoms with van der Waals surface area (Å²) < 4.78 is 11.1. The highest BCUT2D eigenvalue weighted by Crippen LogP contribution is 2.38. The van der Waals surface area contributed by atoms with Gasteiger partial charge in [0.1, 0.15) is 13.2 Å². The van der Waals surface area contributed by atoms with Crippen LogP contribution in [0.5, 0.6) is 11.5 Å². The molecule has 0 aromatic heterocycles. The highest BCUT2D eigenvalue weighted by Gasteiger charge is 2.17. The number of para-hydroxylation sites is 1. The Hall–Kier alpha value is -2.40. The highest BCUT2D eigenvalue weighted by molar-refractivity contribution is 6.32. The van der Waals surface area contributed by atoms with Crippen molar-refractivity contribution in [2.24, 2.45) is 0 Å². The zero-order valence-corrected chi connectivity index (χ0v) is 16.3. The summed E-state index contributed by atoms with van der Waals surface area (Å²) in [7, 11) is 0. The van der Waals surface area contributed by atoms with Crippen LogP contribution in [-0.4, -0.2) is 38.8 Å². The van der Waals surface area contributed by atoms with Gasteiger partial charge in [0.15, 0.2) is 11.5 Å². The quantitative estimate of drug-likeness (QED) is 0.701. The second-order valence-electron chi connectivity index (χ2n) is 6.40. The lowest BCUT2D eigenvalue weighted by Gasteiger charge is -2.23. The van der Waals surface area contributed by atoms with E-state index >= 15 is 0 Å². The van der Waals surface area contributed by atoms with Crippen molar-refractivity contribution < 1.29 is 14.3 Å². The Morgan fingerprint density at radius 1 is 1.19 bits per heavy atom. The van der Waals surface area contributed by atoms with Crippen LogP contribution in [-0.2, 0) is 11.2 Å². The first-order chi connectivity index (χ1) is 13.2. The number of hydrogen-bond donors (Lipinski definition) is 1. The van der Waals surface area contributed by atoms with Crippen LogP contribution >= 0.6 is 11.6 Å². The van der Waals surface area contributed by atoms with E-state index in [-0.39, 0.29) is 12.3 Å². The van der Waals surface area contributed by atoms with Crippen LogP contribution in [0.3, 0.4) is 0 Å². The van der Waals surface area contributed by atoms with Crippen molar-refractivity contribution in [1.82, 2.24) is 5.32 Å². The predicted molar refractivity (Wildman–Crippen MR) is 108 cm³/mol. The maximum Gasteiger partial charge on any atom is 0.224 e. The molecule has 27 heavy (non-hydrogen) atoms. The zero-order valence-electron chi connectivity index (χ0n) is 15.5. The Kier molecular flexibility index (Phi) is 6.82. The predicted octanol–water partition coefficient (Wildman–Crippen LogP) is 3.69. The third-order valence-corrected chi connectivity index (χ3v) is 4.73. The van der Waals surface area contributed by atoms with Gasteiger partial charge < -0.3 is 19.7 Å². The summed E-state index contributed by atoms with van der Waals surface area (Å²) in [5.74, 6) is 1.15. The van der Waals surface area contributed by atoms with Crippen LogP contribution in [0, 0.1) is 0 Å². The van der Waals surface area contributed by atoms with Crippen molar-refractivity contribution in [3.05, 3.63) is 53.1 Å². The molecule has 1 heterocycles. The molecule has 0 aliphatic carbocycles. The van der Waals surface area contributed by atoms with Gasteiger partial charge in [-0.1, -0.05) is 29.8 Å². The number of hydrogen-bond acceptors (Lipinski definition) is 4. The van der Waals surface area contributed by atoms with Crippen LogP contribution in [0.1, 0.15) is 18.9 Å². The number of carbonyl (C=O) groups excluding carboxylic acids is 1. The molecule has 1 aliphatic rings. The number of nitrogens with one attached hydrogen (secondary N) is 1. The molecule has 0 fully saturated rings. The van der Waals surface area contributed by atoms with Crippen molar-refractivity contribution in [2.75, 3.05) is 37.7 Å². The third-order valence-electron chi connectivity index (χ3n) is 4.45. The first kappa shape index (κ1) is 19.4. The average Bonchev–Trinajstić information content (AvgIpc) is 2.69. The molecule has 0 saturated heterocycles. The Morgan fingerprint density at radius 2 is 1.96 bits per heavy atom. The molecule has 0 atom stereocenters. The smallest absolute Gasteiger partial charge is 0.224 e. The van der Waals surface area contributed by atoms with Gasteiger partial charge in [-0.05, 0) is 43.2 Å². The fraction of sp³-hybridized carbons (Fsp3) is 0.381. The van der Waals surface area contributed by atoms with E-state index in [1.807, 2.05) is 24.3 Å². The van der Waals surface area contributed by atoms with Gasteiger partial charge >= 0.3 is 0 Å². The van der Waals surface area contributed by atoms with Crippen LogP contribution < -0.4 is 19.7 Å². The summed E-state index contributed by atoms with van der Waals surface area (Å²) in [4.78, 5) is 14.5. The Bertz CT molecular complexity index is 768. The minimum atomic E-state index is -0.0227. The first-order valence-electron chi connectivity index (χ1n) is 9.32. The summed E-state index contributed by atoms with van der Waals surface area (Å²) in [6.07, 6.45) is 1.16. The molecule has 3 rings (SSSR count). The Labute approximate surface area is 165 Å². The topological polar surface area (TPSA) is 50.8 Å². The number of rotatable bonds is 8. The molecule has 1 amide bonds. The van der Waals surface area contributed by atoms with E-state index in [0.717, 1.165) is 25.1 Å². The molecule has 1 aliphatic heterocycles. The molecule has 1 N–H and O–H groups in total. The summed E-state index contributed by atoms with van der Waals surface area (Å²) in [6.45, 7) is 5.60. The number of fused-ring (bicyclic) bond motifs is 1. The number of amides is 1. The summed E-state index contributed by atoms with van der Waals surface area (Å²) in [6, 6.07) is 13.9. The van der Waals surface area contributed by atoms with Crippen molar-refractivity contribution >= 4 is 23.2 Å². The molecule has 6 heteroatoms. The lowest BCUT2D eigenvalue weighted by Crippen LogP contribution is -2.30. The van der Waals surface area contributed by atoms with E-state index in [0.29, 0.717) is 36.3 Å². The highest BCUT2D eigenvalue weighted by atomic mass is 35.5. The minimum absolute atomic E-state index is 0.0227. The van der Waals surface area contributed by atoms with Gasteiger partial charge in [0.2, 0.25) is 5.91 Å². The van der Waals surface area contributed by atoms with Crippen LogP contribution in [0.15, 0.2) is 42.5 Å². The fourth-order valence-electron chi connectivity index (χ4n) is 3.12. The number of nitrogens with zero attached hydrogens (tertiary/aromatic N) is 1. The van der Waals surface area contributed by atoms with E-state index in [1.165, 1.54) is 5.69 Å². The van der Waals surface area contributed by atoms with Gasteiger partial charge in [-0.3, -0.25) is 4.79 Å². The number of ether oxygens (including phenoxy) is 2. The molecule has 0 unspecified atom stereocenters. The van der Waals surface area contributed by atoms with Crippen molar-refractivity contribution in [3.63, 3.8) is 0 Å². The normalized spacial score (nSPS) is 12.5. The fourth-order valence-corrected chi connectivity index (χ4v) is 3.41. The number of benzene rings is 2. The van der Waals surface area contributed by atoms with Crippen molar-refractivity contribution in [3.8, 4) is 11.5 Å². The third kappa shape index (κ3) is 5.30. The Balaban J connectivity index is 1.45. The van der Waals surface area contributed by atoms with Crippen molar-refractivity contribution in [2.45, 2.75) is 19.8 Å². The van der Waals surface area contributed by atoms with Crippen LogP contribution in [0.2, 0.25) is 5.02 Å². The zero-order chi connectivity index (χ0) is 19.1. The molecular weight excluding hydrogens is 364 g/mol. The molecule has 5 nitrogen and oxygen atoms in total. The summed E-state index contributed by atoms with van der Waals surface area (Å²) in [5, 5.41) is 3.46. The summed E-state index contributed by atoms with van der Waals surface area (Å²) >= 11 is 6.22. The molecule has 0 saturated carbocycles. The lowest BCUT2D eigenvalue weighted by molar-refractivity contribution is -0.120. The maximum atomic E-state index is 12.2. The average molecular weight is 389 g/mol. The molecule has 144 valence electrons. The number of halogens is 1. The monoisotopic (exact) mass is 388 g/mol. The largest absolute Gasteiger partial charge is 0.486 e. The van der Waals surface area contributed by atoms with E-state index in [2.05, 4.69) is 29.3 Å². The van der Waals surface area contributed by atoms with Gasteiger partial charge in [0.05, 0.1) is 11.4 Å². The molecular formula is C21H25ClN2O3. The van der Waals surface area contributed by atoms with Gasteiger partial charge in [-0.25, -0.2) is 0 Å². The van der Waals surface area contributed by atoms with Gasteiger partial charge in [0.25, 0.3) is 0 Å². The van der Waals surface area contributed by atoms with E-state index in [9.17, 15) is 4.79 Å². The van der Waals surface area contributed by atoms with Crippen molar-refractivity contribution in [1.29, 1.82) is 0 Å². The van der Waals surface area contributed by atoms with Gasteiger partial charge in [0, 0.05) is 25.3 Å². The molecule has 0 radical (unpaired) electrons. The SMILES string of the molecule is CCN(CCCNC(=O)Cc1cc(Cl)c2c(c1)OCCO2)c1ccccc1. The van der Waals surface area contributed by atoms with E-state index in [4.69, 9.17) is 21.1 Å². The Morgan fingerprint density at radius 3 is 2.74 bits per heavy atom. The molecule has 2 aromatic carbocycles. The minimum Gasteiger partial charge on any atom is -0.486 e. The summed E-state index contributed by atoms with van der Waals surface area (Å²) in [5.41, 5.74) is 2.03. The number of anilines is 1. The second kappa shape index (κ2) is 9.51.